The molecule has 1 heterocycles. The highest BCUT2D eigenvalue weighted by Crippen LogP contribution is 2.26. The molecular formula is C11H16N2O3S. The third-order valence-corrected chi connectivity index (χ3v) is 3.50. The van der Waals surface area contributed by atoms with Crippen molar-refractivity contribution >= 4 is 10.3 Å². The number of benzene rings is 1. The van der Waals surface area contributed by atoms with E-state index in [-0.39, 0.29) is 0 Å². The van der Waals surface area contributed by atoms with Gasteiger partial charge in [0.25, 0.3) is 0 Å². The molecule has 0 aliphatic carbocycles. The topological polar surface area (TPSA) is 69.6 Å². The highest BCUT2D eigenvalue weighted by Gasteiger charge is 2.22. The van der Waals surface area contributed by atoms with E-state index in [1.165, 1.54) is 10.6 Å². The summed E-state index contributed by atoms with van der Waals surface area (Å²) >= 11 is 0. The summed E-state index contributed by atoms with van der Waals surface area (Å²) in [6, 6.07) is 10.2. The molecule has 6 heteroatoms. The summed E-state index contributed by atoms with van der Waals surface area (Å²) < 4.78 is 30.0. The zero-order valence-electron chi connectivity index (χ0n) is 9.41. The molecule has 0 spiro atoms. The Morgan fingerprint density at radius 1 is 1.18 bits per heavy atom. The molecule has 0 aromatic heterocycles. The van der Waals surface area contributed by atoms with Crippen molar-refractivity contribution in [2.45, 2.75) is 18.8 Å². The Hall–Kier alpha value is -0.950. The lowest BCUT2D eigenvalue weighted by Crippen LogP contribution is -2.45. The van der Waals surface area contributed by atoms with Gasteiger partial charge in [-0.05, 0) is 24.3 Å². The zero-order chi connectivity index (χ0) is 12.3. The van der Waals surface area contributed by atoms with Crippen molar-refractivity contribution in [3.05, 3.63) is 35.9 Å². The monoisotopic (exact) mass is 256 g/mol. The first-order chi connectivity index (χ1) is 8.04. The Bertz CT molecular complexity index is 453. The molecule has 1 aliphatic rings. The Kier molecular flexibility index (Phi) is 3.78. The van der Waals surface area contributed by atoms with E-state index in [1.807, 2.05) is 18.2 Å². The van der Waals surface area contributed by atoms with Crippen LogP contribution in [0.4, 0.5) is 0 Å². The Balaban J connectivity index is 1.91. The standard InChI is InChI=1S/C11H16N2O3S/c14-17(15,16)12-13-8-6-11(7-9-13)10-4-2-1-3-5-10/h1-5,11-12H,6-9H2,(H,14,15,16). The van der Waals surface area contributed by atoms with Gasteiger partial charge >= 0.3 is 10.3 Å². The smallest absolute Gasteiger partial charge is 0.273 e. The van der Waals surface area contributed by atoms with Gasteiger partial charge in [0.15, 0.2) is 0 Å². The number of nitrogens with zero attached hydrogens (tertiary/aromatic N) is 1. The fourth-order valence-electron chi connectivity index (χ4n) is 2.19. The maximum absolute atomic E-state index is 10.7. The molecular weight excluding hydrogens is 240 g/mol. The van der Waals surface area contributed by atoms with Gasteiger partial charge in [0.2, 0.25) is 0 Å². The van der Waals surface area contributed by atoms with Crippen molar-refractivity contribution in [3.8, 4) is 0 Å². The lowest BCUT2D eigenvalue weighted by Gasteiger charge is -2.31. The minimum atomic E-state index is -4.13. The number of piperidine rings is 1. The zero-order valence-corrected chi connectivity index (χ0v) is 10.2. The molecule has 2 N–H and O–H groups in total. The predicted molar refractivity (Wildman–Crippen MR) is 64.7 cm³/mol. The third kappa shape index (κ3) is 3.78. The van der Waals surface area contributed by atoms with Crippen LogP contribution in [0.1, 0.15) is 24.3 Å². The number of rotatable bonds is 3. The molecule has 17 heavy (non-hydrogen) atoms. The quantitative estimate of drug-likeness (QED) is 0.797. The molecule has 1 fully saturated rings. The van der Waals surface area contributed by atoms with E-state index < -0.39 is 10.3 Å². The van der Waals surface area contributed by atoms with Crippen LogP contribution in [0.2, 0.25) is 0 Å². The maximum Gasteiger partial charge on any atom is 0.346 e. The van der Waals surface area contributed by atoms with Gasteiger partial charge in [0.1, 0.15) is 0 Å². The molecule has 0 saturated carbocycles. The largest absolute Gasteiger partial charge is 0.346 e. The van der Waals surface area contributed by atoms with Crippen LogP contribution in [-0.2, 0) is 10.3 Å². The highest BCUT2D eigenvalue weighted by molar-refractivity contribution is 7.83. The fourth-order valence-corrected chi connectivity index (χ4v) is 2.70. The van der Waals surface area contributed by atoms with Crippen molar-refractivity contribution in [3.63, 3.8) is 0 Å². The summed E-state index contributed by atoms with van der Waals surface area (Å²) in [6.07, 6.45) is 1.76. The van der Waals surface area contributed by atoms with Crippen molar-refractivity contribution in [2.75, 3.05) is 13.1 Å². The van der Waals surface area contributed by atoms with Gasteiger partial charge in [-0.1, -0.05) is 30.3 Å². The van der Waals surface area contributed by atoms with E-state index in [1.54, 1.807) is 0 Å². The maximum atomic E-state index is 10.7. The Morgan fingerprint density at radius 3 is 2.29 bits per heavy atom. The first-order valence-electron chi connectivity index (χ1n) is 5.59. The molecule has 1 aromatic carbocycles. The first kappa shape index (κ1) is 12.5. The molecule has 0 bridgehead atoms. The van der Waals surface area contributed by atoms with Gasteiger partial charge < -0.3 is 0 Å². The first-order valence-corrected chi connectivity index (χ1v) is 7.03. The second-order valence-corrected chi connectivity index (χ2v) is 5.37. The normalized spacial score (nSPS) is 19.4. The molecule has 5 nitrogen and oxygen atoms in total. The lowest BCUT2D eigenvalue weighted by molar-refractivity contribution is 0.178. The average Bonchev–Trinajstić information content (AvgIpc) is 2.29. The van der Waals surface area contributed by atoms with E-state index in [4.69, 9.17) is 4.55 Å². The molecule has 0 unspecified atom stereocenters. The van der Waals surface area contributed by atoms with Gasteiger partial charge in [0.05, 0.1) is 0 Å². The SMILES string of the molecule is O=S(=O)(O)NN1CCC(c2ccccc2)CC1. The molecule has 1 aliphatic heterocycles. The van der Waals surface area contributed by atoms with Crippen LogP contribution in [0.5, 0.6) is 0 Å². The number of hydrogen-bond donors (Lipinski definition) is 2. The van der Waals surface area contributed by atoms with Gasteiger partial charge in [-0.25, -0.2) is 5.01 Å². The fraction of sp³-hybridized carbons (Fsp3) is 0.455. The van der Waals surface area contributed by atoms with Crippen molar-refractivity contribution in [1.82, 2.24) is 9.84 Å². The van der Waals surface area contributed by atoms with Crippen molar-refractivity contribution < 1.29 is 13.0 Å². The van der Waals surface area contributed by atoms with E-state index in [0.717, 1.165) is 12.8 Å². The van der Waals surface area contributed by atoms with Crippen LogP contribution >= 0.6 is 0 Å². The summed E-state index contributed by atoms with van der Waals surface area (Å²) in [5, 5.41) is 1.54. The number of hydrazine groups is 1. The van der Waals surface area contributed by atoms with Crippen LogP contribution in [0, 0.1) is 0 Å². The minimum Gasteiger partial charge on any atom is -0.273 e. The summed E-state index contributed by atoms with van der Waals surface area (Å²) in [5.41, 5.74) is 1.29. The second-order valence-electron chi connectivity index (χ2n) is 4.24. The van der Waals surface area contributed by atoms with Crippen molar-refractivity contribution in [2.24, 2.45) is 0 Å². The number of nitrogens with one attached hydrogen (secondary N) is 1. The van der Waals surface area contributed by atoms with Crippen molar-refractivity contribution in [1.29, 1.82) is 0 Å². The van der Waals surface area contributed by atoms with Crippen LogP contribution in [0.15, 0.2) is 30.3 Å². The van der Waals surface area contributed by atoms with Crippen LogP contribution in [-0.4, -0.2) is 31.1 Å². The van der Waals surface area contributed by atoms with Gasteiger partial charge in [-0.3, -0.25) is 4.55 Å². The second kappa shape index (κ2) is 5.14. The van der Waals surface area contributed by atoms with Crippen LogP contribution in [0.25, 0.3) is 0 Å². The summed E-state index contributed by atoms with van der Waals surface area (Å²) in [6.45, 7) is 1.22. The third-order valence-electron chi connectivity index (χ3n) is 3.01. The summed E-state index contributed by atoms with van der Waals surface area (Å²) in [5.74, 6) is 0.468. The minimum absolute atomic E-state index is 0.468. The van der Waals surface area contributed by atoms with E-state index >= 15 is 0 Å². The Morgan fingerprint density at radius 2 is 1.76 bits per heavy atom. The lowest BCUT2D eigenvalue weighted by atomic mass is 9.90. The van der Waals surface area contributed by atoms with Gasteiger partial charge in [0, 0.05) is 13.1 Å². The molecule has 94 valence electrons. The molecule has 0 amide bonds. The van der Waals surface area contributed by atoms with Crippen LogP contribution in [0.3, 0.4) is 0 Å². The number of hydrogen-bond acceptors (Lipinski definition) is 3. The highest BCUT2D eigenvalue weighted by atomic mass is 32.2. The van der Waals surface area contributed by atoms with Gasteiger partial charge in [-0.2, -0.15) is 8.42 Å². The van der Waals surface area contributed by atoms with Gasteiger partial charge in [-0.15, -0.1) is 4.83 Å². The molecule has 2 rings (SSSR count). The molecule has 1 saturated heterocycles. The van der Waals surface area contributed by atoms with E-state index in [9.17, 15) is 8.42 Å². The predicted octanol–water partition coefficient (Wildman–Crippen LogP) is 1.17. The summed E-state index contributed by atoms with van der Waals surface area (Å²) in [7, 11) is -4.13. The molecule has 0 atom stereocenters. The Labute approximate surface area is 101 Å². The molecule has 0 radical (unpaired) electrons. The summed E-state index contributed by atoms with van der Waals surface area (Å²) in [4.78, 5) is 2.09. The van der Waals surface area contributed by atoms with Crippen LogP contribution < -0.4 is 4.83 Å². The van der Waals surface area contributed by atoms with E-state index in [0.29, 0.717) is 19.0 Å². The van der Waals surface area contributed by atoms with E-state index in [2.05, 4.69) is 17.0 Å². The average molecular weight is 256 g/mol. The molecule has 1 aromatic rings.